The monoisotopic (exact) mass is 418 g/mol. The number of aryl methyl sites for hydroxylation is 1. The highest BCUT2D eigenvalue weighted by molar-refractivity contribution is 6.74. The quantitative estimate of drug-likeness (QED) is 0.555. The molecule has 0 saturated carbocycles. The van der Waals surface area contributed by atoms with E-state index in [2.05, 4.69) is 4.98 Å². The van der Waals surface area contributed by atoms with Crippen LogP contribution in [0.5, 0.6) is 0 Å². The number of carboxylic acid groups (broad SMARTS) is 1. The molecule has 0 unspecified atom stereocenters. The molecule has 0 aliphatic carbocycles. The van der Waals surface area contributed by atoms with Crippen LogP contribution in [0.3, 0.4) is 0 Å². The van der Waals surface area contributed by atoms with E-state index < -0.39 is 50.3 Å². The molecule has 2 heterocycles. The van der Waals surface area contributed by atoms with Crippen LogP contribution in [0, 0.1) is 6.92 Å². The van der Waals surface area contributed by atoms with Crippen LogP contribution in [-0.4, -0.2) is 54.1 Å². The molecule has 1 fully saturated rings. The summed E-state index contributed by atoms with van der Waals surface area (Å²) < 4.78 is 32.3. The maximum Gasteiger partial charge on any atom is 0.506 e. The SMILES string of the molecule is Cc1cn([C@H]2O[C@@H](CO[Si](C)(C)C(C)(C)C)[C@H](OC(=O)O)[C@H]2F)c(=O)[nH]c1=O. The zero-order valence-corrected chi connectivity index (χ0v) is 17.8. The average Bonchev–Trinajstić information content (AvgIpc) is 2.84. The van der Waals surface area contributed by atoms with Crippen molar-refractivity contribution in [3.05, 3.63) is 32.6 Å². The first kappa shape index (κ1) is 22.3. The smallest absolute Gasteiger partial charge is 0.450 e. The summed E-state index contributed by atoms with van der Waals surface area (Å²) in [5.74, 6) is 0. The van der Waals surface area contributed by atoms with Crippen LogP contribution >= 0.6 is 0 Å². The fourth-order valence-electron chi connectivity index (χ4n) is 2.59. The molecule has 1 aliphatic heterocycles. The Bertz CT molecular complexity index is 845. The summed E-state index contributed by atoms with van der Waals surface area (Å²) in [5.41, 5.74) is -1.26. The van der Waals surface area contributed by atoms with E-state index >= 15 is 4.39 Å². The summed E-state index contributed by atoms with van der Waals surface area (Å²) in [6.07, 6.45) is -6.38. The van der Waals surface area contributed by atoms with Gasteiger partial charge in [0.1, 0.15) is 6.10 Å². The van der Waals surface area contributed by atoms with Crippen molar-refractivity contribution in [1.29, 1.82) is 0 Å². The zero-order valence-electron chi connectivity index (χ0n) is 16.8. The number of nitrogens with zero attached hydrogens (tertiary/aromatic N) is 1. The third-order valence-corrected chi connectivity index (χ3v) is 9.84. The summed E-state index contributed by atoms with van der Waals surface area (Å²) in [7, 11) is -2.21. The van der Waals surface area contributed by atoms with Crippen LogP contribution in [0.4, 0.5) is 9.18 Å². The Morgan fingerprint density at radius 3 is 2.54 bits per heavy atom. The van der Waals surface area contributed by atoms with Gasteiger partial charge in [-0.1, -0.05) is 20.8 Å². The van der Waals surface area contributed by atoms with Crippen molar-refractivity contribution in [2.75, 3.05) is 6.61 Å². The molecule has 0 spiro atoms. The molecule has 9 nitrogen and oxygen atoms in total. The minimum Gasteiger partial charge on any atom is -0.450 e. The Labute approximate surface area is 162 Å². The molecule has 0 amide bonds. The van der Waals surface area contributed by atoms with Crippen molar-refractivity contribution in [3.63, 3.8) is 0 Å². The molecule has 11 heteroatoms. The van der Waals surface area contributed by atoms with Gasteiger partial charge in [0, 0.05) is 11.8 Å². The number of rotatable bonds is 5. The van der Waals surface area contributed by atoms with E-state index in [1.54, 1.807) is 0 Å². The van der Waals surface area contributed by atoms with E-state index in [0.29, 0.717) is 0 Å². The Morgan fingerprint density at radius 2 is 2.00 bits per heavy atom. The van der Waals surface area contributed by atoms with Crippen molar-refractivity contribution in [3.8, 4) is 0 Å². The molecule has 1 aliphatic rings. The fraction of sp³-hybridized carbons (Fsp3) is 0.706. The lowest BCUT2D eigenvalue weighted by Gasteiger charge is -2.37. The standard InChI is InChI=1S/C17H27FN2O7Si/c1-9-7-20(15(22)19-13(9)21)14-11(18)12(27-16(23)24)10(26-14)8-25-28(5,6)17(2,3)4/h7,10-12,14H,8H2,1-6H3,(H,23,24)(H,19,21,22)/t10-,11+,12-,14-/m0/s1. The van der Waals surface area contributed by atoms with Crippen molar-refractivity contribution in [2.45, 2.75) is 70.4 Å². The van der Waals surface area contributed by atoms with Crippen LogP contribution in [0.25, 0.3) is 0 Å². The summed E-state index contributed by atoms with van der Waals surface area (Å²) in [5, 5.41) is 8.85. The lowest BCUT2D eigenvalue weighted by molar-refractivity contribution is -0.0522. The molecule has 28 heavy (non-hydrogen) atoms. The maximum atomic E-state index is 15.0. The van der Waals surface area contributed by atoms with Crippen molar-refractivity contribution >= 4 is 14.5 Å². The highest BCUT2D eigenvalue weighted by atomic mass is 28.4. The largest absolute Gasteiger partial charge is 0.506 e. The first-order valence-electron chi connectivity index (χ1n) is 8.90. The van der Waals surface area contributed by atoms with Crippen LogP contribution in [0.1, 0.15) is 32.6 Å². The van der Waals surface area contributed by atoms with Gasteiger partial charge >= 0.3 is 11.8 Å². The zero-order chi connectivity index (χ0) is 21.4. The lowest BCUT2D eigenvalue weighted by atomic mass is 10.1. The number of hydrogen-bond acceptors (Lipinski definition) is 6. The van der Waals surface area contributed by atoms with Gasteiger partial charge in [-0.15, -0.1) is 0 Å². The van der Waals surface area contributed by atoms with E-state index in [9.17, 15) is 14.4 Å². The van der Waals surface area contributed by atoms with E-state index in [0.717, 1.165) is 4.57 Å². The van der Waals surface area contributed by atoms with Crippen LogP contribution in [-0.2, 0) is 13.9 Å². The number of alkyl halides is 1. The van der Waals surface area contributed by atoms with Gasteiger partial charge in [0.25, 0.3) is 5.56 Å². The predicted octanol–water partition coefficient (Wildman–Crippen LogP) is 2.17. The van der Waals surface area contributed by atoms with Crippen molar-refractivity contribution in [2.24, 2.45) is 0 Å². The average molecular weight is 418 g/mol. The minimum atomic E-state index is -2.21. The highest BCUT2D eigenvalue weighted by Crippen LogP contribution is 2.38. The Kier molecular flexibility index (Phi) is 6.21. The van der Waals surface area contributed by atoms with Gasteiger partial charge in [0.05, 0.1) is 6.61 Å². The van der Waals surface area contributed by atoms with E-state index in [1.807, 2.05) is 33.9 Å². The first-order chi connectivity index (χ1) is 12.7. The highest BCUT2D eigenvalue weighted by Gasteiger charge is 2.50. The molecule has 158 valence electrons. The van der Waals surface area contributed by atoms with Gasteiger partial charge in [-0.05, 0) is 25.1 Å². The van der Waals surface area contributed by atoms with Gasteiger partial charge in [0.15, 0.2) is 26.8 Å². The molecular weight excluding hydrogens is 391 g/mol. The van der Waals surface area contributed by atoms with Crippen LogP contribution in [0.2, 0.25) is 18.1 Å². The molecule has 1 saturated heterocycles. The predicted molar refractivity (Wildman–Crippen MR) is 101 cm³/mol. The number of hydrogen-bond donors (Lipinski definition) is 2. The van der Waals surface area contributed by atoms with E-state index in [-0.39, 0.29) is 17.2 Å². The number of nitrogens with one attached hydrogen (secondary N) is 1. The van der Waals surface area contributed by atoms with Gasteiger partial charge in [-0.25, -0.2) is 14.0 Å². The Balaban J connectivity index is 2.30. The van der Waals surface area contributed by atoms with Crippen molar-refractivity contribution < 1.29 is 28.2 Å². The van der Waals surface area contributed by atoms with Crippen LogP contribution < -0.4 is 11.2 Å². The summed E-state index contributed by atoms with van der Waals surface area (Å²) in [6.45, 7) is 11.5. The molecule has 1 aromatic rings. The summed E-state index contributed by atoms with van der Waals surface area (Å²) in [4.78, 5) is 36.7. The second kappa shape index (κ2) is 7.80. The number of carbonyl (C=O) groups is 1. The molecule has 0 aromatic carbocycles. The molecular formula is C17H27FN2O7Si. The normalized spacial score (nSPS) is 25.7. The van der Waals surface area contributed by atoms with Crippen molar-refractivity contribution in [1.82, 2.24) is 9.55 Å². The third kappa shape index (κ3) is 4.53. The number of ether oxygens (including phenoxy) is 2. The second-order valence-electron chi connectivity index (χ2n) is 8.41. The fourth-order valence-corrected chi connectivity index (χ4v) is 3.61. The molecule has 0 radical (unpaired) electrons. The van der Waals surface area contributed by atoms with E-state index in [4.69, 9.17) is 19.0 Å². The second-order valence-corrected chi connectivity index (χ2v) is 13.2. The summed E-state index contributed by atoms with van der Waals surface area (Å²) in [6, 6.07) is 0. The van der Waals surface area contributed by atoms with E-state index in [1.165, 1.54) is 13.1 Å². The summed E-state index contributed by atoms with van der Waals surface area (Å²) >= 11 is 0. The first-order valence-corrected chi connectivity index (χ1v) is 11.8. The maximum absolute atomic E-state index is 15.0. The number of H-pyrrole nitrogens is 1. The molecule has 1 aromatic heterocycles. The van der Waals surface area contributed by atoms with Gasteiger partial charge in [0.2, 0.25) is 0 Å². The lowest BCUT2D eigenvalue weighted by Crippen LogP contribution is -2.45. The number of aromatic amines is 1. The third-order valence-electron chi connectivity index (χ3n) is 5.34. The molecule has 2 N–H and O–H groups in total. The van der Waals surface area contributed by atoms with Crippen LogP contribution in [0.15, 0.2) is 15.8 Å². The van der Waals surface area contributed by atoms with Gasteiger partial charge in [-0.2, -0.15) is 0 Å². The minimum absolute atomic E-state index is 0.0809. The molecule has 2 rings (SSSR count). The van der Waals surface area contributed by atoms with Gasteiger partial charge < -0.3 is 19.0 Å². The number of halogens is 1. The Hall–Kier alpha value is -1.98. The topological polar surface area (TPSA) is 120 Å². The van der Waals surface area contributed by atoms with Gasteiger partial charge in [-0.3, -0.25) is 14.3 Å². The molecule has 0 bridgehead atoms. The molecule has 4 atom stereocenters. The number of aromatic nitrogens is 2. The Morgan fingerprint density at radius 1 is 1.39 bits per heavy atom.